The highest BCUT2D eigenvalue weighted by Crippen LogP contribution is 2.25. The Hall–Kier alpha value is -1.34. The van der Waals surface area contributed by atoms with E-state index in [0.717, 1.165) is 23.0 Å². The zero-order chi connectivity index (χ0) is 15.4. The van der Waals surface area contributed by atoms with Gasteiger partial charge in [-0.3, -0.25) is 9.00 Å². The number of carbonyl (C=O) groups is 1. The van der Waals surface area contributed by atoms with Gasteiger partial charge in [-0.2, -0.15) is 0 Å². The first kappa shape index (κ1) is 16.0. The number of carboxylic acid groups (broad SMARTS) is 1. The molecule has 0 saturated carbocycles. The summed E-state index contributed by atoms with van der Waals surface area (Å²) in [6.45, 7) is 2.71. The first-order valence-electron chi connectivity index (χ1n) is 6.59. The van der Waals surface area contributed by atoms with E-state index < -0.39 is 16.8 Å². The maximum Gasteiger partial charge on any atom is 0.313 e. The van der Waals surface area contributed by atoms with Gasteiger partial charge in [0.25, 0.3) is 0 Å². The number of aryl methyl sites for hydroxylation is 2. The molecule has 0 bridgehead atoms. The first-order valence-corrected chi connectivity index (χ1v) is 9.30. The second-order valence-electron chi connectivity index (χ2n) is 4.85. The summed E-state index contributed by atoms with van der Waals surface area (Å²) in [5.41, 5.74) is 3.01. The number of fused-ring (bicyclic) bond motifs is 1. The molecule has 0 amide bonds. The Bertz CT molecular complexity index is 682. The number of imidazole rings is 1. The van der Waals surface area contributed by atoms with Gasteiger partial charge >= 0.3 is 5.97 Å². The van der Waals surface area contributed by atoms with Crippen molar-refractivity contribution >= 4 is 39.6 Å². The summed E-state index contributed by atoms with van der Waals surface area (Å²) >= 11 is 1.22. The Balaban J connectivity index is 2.30. The van der Waals surface area contributed by atoms with Crippen LogP contribution in [-0.4, -0.2) is 42.6 Å². The monoisotopic (exact) mass is 326 g/mol. The summed E-state index contributed by atoms with van der Waals surface area (Å²) in [6, 6.07) is 5.99. The van der Waals surface area contributed by atoms with Gasteiger partial charge in [0.15, 0.2) is 5.16 Å². The van der Waals surface area contributed by atoms with Crippen molar-refractivity contribution in [1.82, 2.24) is 9.55 Å². The summed E-state index contributed by atoms with van der Waals surface area (Å²) in [5, 5.41) is 9.54. The third kappa shape index (κ3) is 4.31. The molecule has 0 saturated heterocycles. The molecule has 1 unspecified atom stereocenters. The first-order chi connectivity index (χ1) is 9.97. The van der Waals surface area contributed by atoms with E-state index in [1.165, 1.54) is 11.8 Å². The predicted molar refractivity (Wildman–Crippen MR) is 86.4 cm³/mol. The highest BCUT2D eigenvalue weighted by atomic mass is 32.2. The van der Waals surface area contributed by atoms with Crippen molar-refractivity contribution < 1.29 is 14.1 Å². The van der Waals surface area contributed by atoms with Crippen LogP contribution in [0.3, 0.4) is 0 Å². The maximum atomic E-state index is 11.2. The number of rotatable bonds is 7. The number of aliphatic carboxylic acids is 1. The molecule has 0 aliphatic heterocycles. The van der Waals surface area contributed by atoms with E-state index in [2.05, 4.69) is 11.1 Å². The van der Waals surface area contributed by atoms with Gasteiger partial charge < -0.3 is 9.67 Å². The molecule has 5 nitrogen and oxygen atoms in total. The van der Waals surface area contributed by atoms with Gasteiger partial charge in [-0.1, -0.05) is 17.8 Å². The number of carboxylic acids is 1. The van der Waals surface area contributed by atoms with Crippen molar-refractivity contribution in [3.63, 3.8) is 0 Å². The Morgan fingerprint density at radius 1 is 1.48 bits per heavy atom. The number of hydrogen-bond acceptors (Lipinski definition) is 4. The van der Waals surface area contributed by atoms with Crippen molar-refractivity contribution in [3.8, 4) is 0 Å². The Morgan fingerprint density at radius 2 is 2.24 bits per heavy atom. The second-order valence-corrected chi connectivity index (χ2v) is 7.35. The van der Waals surface area contributed by atoms with Crippen LogP contribution in [0.15, 0.2) is 23.4 Å². The van der Waals surface area contributed by atoms with Gasteiger partial charge in [0.2, 0.25) is 0 Å². The van der Waals surface area contributed by atoms with Crippen LogP contribution in [0, 0.1) is 6.92 Å². The van der Waals surface area contributed by atoms with Crippen LogP contribution in [0.5, 0.6) is 0 Å². The van der Waals surface area contributed by atoms with Gasteiger partial charge in [0, 0.05) is 29.4 Å². The molecule has 1 aromatic heterocycles. The number of aromatic nitrogens is 2. The largest absolute Gasteiger partial charge is 0.481 e. The van der Waals surface area contributed by atoms with E-state index in [0.29, 0.717) is 17.5 Å². The molecule has 1 heterocycles. The molecule has 0 aliphatic carbocycles. The van der Waals surface area contributed by atoms with Crippen molar-refractivity contribution in [2.45, 2.75) is 25.0 Å². The van der Waals surface area contributed by atoms with Gasteiger partial charge in [-0.25, -0.2) is 4.98 Å². The number of thioether (sulfide) groups is 1. The van der Waals surface area contributed by atoms with Gasteiger partial charge in [-0.15, -0.1) is 0 Å². The second kappa shape index (κ2) is 7.09. The molecular weight excluding hydrogens is 308 g/mol. The zero-order valence-electron chi connectivity index (χ0n) is 12.0. The molecule has 21 heavy (non-hydrogen) atoms. The number of nitrogens with zero attached hydrogens (tertiary/aromatic N) is 2. The van der Waals surface area contributed by atoms with Crippen molar-refractivity contribution in [1.29, 1.82) is 0 Å². The maximum absolute atomic E-state index is 11.2. The van der Waals surface area contributed by atoms with E-state index in [1.54, 1.807) is 6.26 Å². The standard InChI is InChI=1S/C14H18N2O3S2/c1-10-4-5-11-12(8-10)16(6-3-7-21(2)19)14(15-11)20-9-13(17)18/h4-5,8H,3,6-7,9H2,1-2H3,(H,17,18). The average Bonchev–Trinajstić information content (AvgIpc) is 2.74. The summed E-state index contributed by atoms with van der Waals surface area (Å²) in [5.74, 6) is -0.235. The zero-order valence-corrected chi connectivity index (χ0v) is 13.7. The minimum Gasteiger partial charge on any atom is -0.481 e. The molecular formula is C14H18N2O3S2. The molecule has 114 valence electrons. The summed E-state index contributed by atoms with van der Waals surface area (Å²) < 4.78 is 13.2. The third-order valence-electron chi connectivity index (χ3n) is 3.01. The Labute approximate surface area is 130 Å². The SMILES string of the molecule is Cc1ccc2nc(SCC(=O)O)n(CCCS(C)=O)c2c1. The fourth-order valence-corrected chi connectivity index (χ4v) is 3.39. The van der Waals surface area contributed by atoms with Crippen molar-refractivity contribution in [2.75, 3.05) is 17.8 Å². The third-order valence-corrected chi connectivity index (χ3v) is 4.83. The fraction of sp³-hybridized carbons (Fsp3) is 0.429. The van der Waals surface area contributed by atoms with Crippen LogP contribution in [0.1, 0.15) is 12.0 Å². The Kier molecular flexibility index (Phi) is 5.41. The Morgan fingerprint density at radius 3 is 2.90 bits per heavy atom. The quantitative estimate of drug-likeness (QED) is 0.790. The lowest BCUT2D eigenvalue weighted by atomic mass is 10.2. The molecule has 7 heteroatoms. The molecule has 0 radical (unpaired) electrons. The van der Waals surface area contributed by atoms with Gasteiger partial charge in [0.1, 0.15) is 0 Å². The van der Waals surface area contributed by atoms with E-state index >= 15 is 0 Å². The van der Waals surface area contributed by atoms with E-state index in [9.17, 15) is 9.00 Å². The lowest BCUT2D eigenvalue weighted by molar-refractivity contribution is -0.133. The smallest absolute Gasteiger partial charge is 0.313 e. The lowest BCUT2D eigenvalue weighted by Crippen LogP contribution is -2.06. The fourth-order valence-electron chi connectivity index (χ4n) is 2.09. The molecule has 2 rings (SSSR count). The minimum absolute atomic E-state index is 0.0119. The topological polar surface area (TPSA) is 72.2 Å². The van der Waals surface area contributed by atoms with E-state index in [-0.39, 0.29) is 5.75 Å². The van der Waals surface area contributed by atoms with Crippen LogP contribution in [0.4, 0.5) is 0 Å². The molecule has 0 aliphatic rings. The number of hydrogen-bond donors (Lipinski definition) is 1. The van der Waals surface area contributed by atoms with Crippen LogP contribution in [0.25, 0.3) is 11.0 Å². The van der Waals surface area contributed by atoms with Gasteiger partial charge in [-0.05, 0) is 31.0 Å². The van der Waals surface area contributed by atoms with Crippen molar-refractivity contribution in [3.05, 3.63) is 23.8 Å². The van der Waals surface area contributed by atoms with Gasteiger partial charge in [0.05, 0.1) is 16.8 Å². The van der Waals surface area contributed by atoms with E-state index in [1.807, 2.05) is 23.6 Å². The number of benzene rings is 1. The molecule has 1 atom stereocenters. The van der Waals surface area contributed by atoms with Crippen LogP contribution < -0.4 is 0 Å². The predicted octanol–water partition coefficient (Wildman–Crippen LogP) is 2.29. The summed E-state index contributed by atoms with van der Waals surface area (Å²) in [6.07, 6.45) is 2.47. The molecule has 0 spiro atoms. The summed E-state index contributed by atoms with van der Waals surface area (Å²) in [7, 11) is -0.818. The lowest BCUT2D eigenvalue weighted by Gasteiger charge is -2.08. The highest BCUT2D eigenvalue weighted by Gasteiger charge is 2.13. The van der Waals surface area contributed by atoms with Crippen LogP contribution in [0.2, 0.25) is 0 Å². The molecule has 2 aromatic rings. The van der Waals surface area contributed by atoms with Crippen molar-refractivity contribution in [2.24, 2.45) is 0 Å². The molecule has 0 fully saturated rings. The molecule has 1 aromatic carbocycles. The minimum atomic E-state index is -0.857. The van der Waals surface area contributed by atoms with E-state index in [4.69, 9.17) is 5.11 Å². The summed E-state index contributed by atoms with van der Waals surface area (Å²) in [4.78, 5) is 15.3. The molecule has 1 N–H and O–H groups in total. The van der Waals surface area contributed by atoms with Crippen LogP contribution >= 0.6 is 11.8 Å². The average molecular weight is 326 g/mol. The van der Waals surface area contributed by atoms with Crippen LogP contribution in [-0.2, 0) is 22.1 Å². The normalized spacial score (nSPS) is 12.7. The highest BCUT2D eigenvalue weighted by molar-refractivity contribution is 7.99.